The first-order valence-electron chi connectivity index (χ1n) is 14.9. The normalized spacial score (nSPS) is 19.5. The van der Waals surface area contributed by atoms with Gasteiger partial charge in [0.15, 0.2) is 0 Å². The highest BCUT2D eigenvalue weighted by Gasteiger charge is 2.39. The highest BCUT2D eigenvalue weighted by Crippen LogP contribution is 2.38. The van der Waals surface area contributed by atoms with E-state index in [0.29, 0.717) is 43.9 Å². The third kappa shape index (κ3) is 12.1. The number of para-hydroxylation sites is 1. The van der Waals surface area contributed by atoms with Crippen molar-refractivity contribution in [2.75, 3.05) is 33.4 Å². The van der Waals surface area contributed by atoms with Crippen LogP contribution in [0.3, 0.4) is 0 Å². The molecule has 10 heteroatoms. The van der Waals surface area contributed by atoms with E-state index in [0.717, 1.165) is 32.1 Å². The molecule has 41 heavy (non-hydrogen) atoms. The Kier molecular flexibility index (Phi) is 16.8. The molecule has 0 aromatic heterocycles. The van der Waals surface area contributed by atoms with Gasteiger partial charge >= 0.3 is 0 Å². The SMILES string of the molecule is COCCCCOc1ccccc1C(=O)NC[C@@H](C[C@H](N)[C@@H](O)CNC(=O)C(C)(C)[C@@H]1CCC[C@H](O)C1)C(C)C.Cl. The van der Waals surface area contributed by atoms with Crippen molar-refractivity contribution in [3.05, 3.63) is 29.8 Å². The predicted molar refractivity (Wildman–Crippen MR) is 164 cm³/mol. The van der Waals surface area contributed by atoms with Crippen LogP contribution in [0.5, 0.6) is 5.75 Å². The number of methoxy groups -OCH3 is 1. The lowest BCUT2D eigenvalue weighted by Gasteiger charge is -2.37. The van der Waals surface area contributed by atoms with Gasteiger partial charge in [0.25, 0.3) is 5.91 Å². The van der Waals surface area contributed by atoms with Gasteiger partial charge in [-0.25, -0.2) is 0 Å². The second-order valence-corrected chi connectivity index (χ2v) is 12.2. The quantitative estimate of drug-likeness (QED) is 0.172. The van der Waals surface area contributed by atoms with Crippen molar-refractivity contribution in [1.29, 1.82) is 0 Å². The summed E-state index contributed by atoms with van der Waals surface area (Å²) in [6.45, 7) is 9.58. The second kappa shape index (κ2) is 18.6. The topological polar surface area (TPSA) is 143 Å². The molecule has 2 rings (SSSR count). The van der Waals surface area contributed by atoms with Crippen LogP contribution in [-0.2, 0) is 9.53 Å². The zero-order chi connectivity index (χ0) is 29.7. The van der Waals surface area contributed by atoms with Crippen molar-refractivity contribution in [2.45, 2.75) is 90.9 Å². The van der Waals surface area contributed by atoms with Crippen LogP contribution in [0.4, 0.5) is 0 Å². The summed E-state index contributed by atoms with van der Waals surface area (Å²) in [5.74, 6) is 0.553. The van der Waals surface area contributed by atoms with Crippen LogP contribution in [0.2, 0.25) is 0 Å². The van der Waals surface area contributed by atoms with E-state index >= 15 is 0 Å². The summed E-state index contributed by atoms with van der Waals surface area (Å²) < 4.78 is 10.9. The molecule has 236 valence electrons. The Bertz CT molecular complexity index is 916. The number of halogens is 1. The second-order valence-electron chi connectivity index (χ2n) is 12.2. The number of carbonyl (C=O) groups is 2. The minimum atomic E-state index is -0.916. The van der Waals surface area contributed by atoms with Crippen LogP contribution < -0.4 is 21.1 Å². The lowest BCUT2D eigenvalue weighted by molar-refractivity contribution is -0.134. The molecule has 6 N–H and O–H groups in total. The third-order valence-corrected chi connectivity index (χ3v) is 8.39. The average molecular weight is 600 g/mol. The van der Waals surface area contributed by atoms with Crippen molar-refractivity contribution in [1.82, 2.24) is 10.6 Å². The van der Waals surface area contributed by atoms with Gasteiger partial charge in [0, 0.05) is 38.3 Å². The van der Waals surface area contributed by atoms with E-state index in [1.165, 1.54) is 0 Å². The lowest BCUT2D eigenvalue weighted by Crippen LogP contribution is -2.50. The number of rotatable bonds is 17. The minimum Gasteiger partial charge on any atom is -0.493 e. The Hall–Kier alpha value is -1.91. The summed E-state index contributed by atoms with van der Waals surface area (Å²) in [5, 5.41) is 26.7. The smallest absolute Gasteiger partial charge is 0.255 e. The number of carbonyl (C=O) groups excluding carboxylic acids is 2. The fourth-order valence-corrected chi connectivity index (χ4v) is 5.31. The maximum absolute atomic E-state index is 13.0. The molecule has 0 heterocycles. The van der Waals surface area contributed by atoms with Crippen molar-refractivity contribution in [3.8, 4) is 5.75 Å². The van der Waals surface area contributed by atoms with Gasteiger partial charge in [-0.2, -0.15) is 0 Å². The van der Waals surface area contributed by atoms with Gasteiger partial charge in [0.2, 0.25) is 5.91 Å². The van der Waals surface area contributed by atoms with Crippen molar-refractivity contribution >= 4 is 24.2 Å². The van der Waals surface area contributed by atoms with Crippen LogP contribution in [0.25, 0.3) is 0 Å². The number of nitrogens with two attached hydrogens (primary N) is 1. The summed E-state index contributed by atoms with van der Waals surface area (Å²) in [4.78, 5) is 26.0. The Labute approximate surface area is 252 Å². The van der Waals surface area contributed by atoms with Gasteiger partial charge in [-0.3, -0.25) is 9.59 Å². The number of hydrogen-bond donors (Lipinski definition) is 5. The van der Waals surface area contributed by atoms with Crippen LogP contribution in [0, 0.1) is 23.2 Å². The molecule has 0 saturated heterocycles. The van der Waals surface area contributed by atoms with Crippen LogP contribution >= 0.6 is 12.4 Å². The van der Waals surface area contributed by atoms with Gasteiger partial charge in [-0.1, -0.05) is 46.2 Å². The summed E-state index contributed by atoms with van der Waals surface area (Å²) >= 11 is 0. The molecule has 0 aliphatic heterocycles. The molecule has 1 aliphatic rings. The average Bonchev–Trinajstić information content (AvgIpc) is 2.93. The zero-order valence-corrected chi connectivity index (χ0v) is 26.4. The Morgan fingerprint density at radius 2 is 1.78 bits per heavy atom. The van der Waals surface area contributed by atoms with E-state index < -0.39 is 17.6 Å². The molecule has 1 aliphatic carbocycles. The van der Waals surface area contributed by atoms with Crippen molar-refractivity contribution in [2.24, 2.45) is 28.9 Å². The number of amides is 2. The first kappa shape index (κ1) is 37.1. The van der Waals surface area contributed by atoms with E-state index in [1.807, 2.05) is 26.0 Å². The first-order valence-corrected chi connectivity index (χ1v) is 14.9. The molecule has 1 aromatic rings. The molecule has 5 atom stereocenters. The van der Waals surface area contributed by atoms with Crippen molar-refractivity contribution < 1.29 is 29.3 Å². The first-order chi connectivity index (χ1) is 19.0. The molecule has 0 unspecified atom stereocenters. The monoisotopic (exact) mass is 599 g/mol. The fourth-order valence-electron chi connectivity index (χ4n) is 5.31. The summed E-state index contributed by atoms with van der Waals surface area (Å²) in [7, 11) is 1.67. The van der Waals surface area contributed by atoms with Gasteiger partial charge < -0.3 is 36.1 Å². The van der Waals surface area contributed by atoms with Gasteiger partial charge in [-0.05, 0) is 68.4 Å². The Morgan fingerprint density at radius 1 is 1.10 bits per heavy atom. The van der Waals surface area contributed by atoms with E-state index in [1.54, 1.807) is 19.2 Å². The number of aliphatic hydroxyl groups is 2. The van der Waals surface area contributed by atoms with Gasteiger partial charge in [-0.15, -0.1) is 12.4 Å². The minimum absolute atomic E-state index is 0. The summed E-state index contributed by atoms with van der Waals surface area (Å²) in [6.07, 6.45) is 4.17. The highest BCUT2D eigenvalue weighted by atomic mass is 35.5. The van der Waals surface area contributed by atoms with E-state index in [4.69, 9.17) is 15.2 Å². The Morgan fingerprint density at radius 3 is 2.44 bits per heavy atom. The number of hydrogen-bond acceptors (Lipinski definition) is 7. The maximum Gasteiger partial charge on any atom is 0.255 e. The molecule has 9 nitrogen and oxygen atoms in total. The van der Waals surface area contributed by atoms with Crippen LogP contribution in [-0.4, -0.2) is 73.7 Å². The van der Waals surface area contributed by atoms with E-state index in [9.17, 15) is 19.8 Å². The van der Waals surface area contributed by atoms with E-state index in [-0.39, 0.29) is 54.6 Å². The van der Waals surface area contributed by atoms with Crippen LogP contribution in [0.15, 0.2) is 24.3 Å². The van der Waals surface area contributed by atoms with Crippen molar-refractivity contribution in [3.63, 3.8) is 0 Å². The summed E-state index contributed by atoms with van der Waals surface area (Å²) in [6, 6.07) is 6.63. The lowest BCUT2D eigenvalue weighted by atomic mass is 9.70. The maximum atomic E-state index is 13.0. The number of unbranched alkanes of at least 4 members (excludes halogenated alkanes) is 1. The van der Waals surface area contributed by atoms with Gasteiger partial charge in [0.1, 0.15) is 5.75 Å². The molecule has 1 saturated carbocycles. The standard InChI is InChI=1S/C31H53N3O6.ClH/c1-21(2)22(19-33-29(37)25-13-6-7-14-28(25)40-16-9-8-15-39-5)17-26(32)27(36)20-34-30(38)31(3,4)23-11-10-12-24(35)18-23;/h6-7,13-14,21-24,26-27,35-36H,8-12,15-20,32H2,1-5H3,(H,33,37)(H,34,38);1H/t22-,23-,24+,26+,27+;/m1./s1. The molecule has 0 radical (unpaired) electrons. The summed E-state index contributed by atoms with van der Waals surface area (Å²) in [5.41, 5.74) is 6.21. The largest absolute Gasteiger partial charge is 0.493 e. The highest BCUT2D eigenvalue weighted by molar-refractivity contribution is 5.96. The third-order valence-electron chi connectivity index (χ3n) is 8.39. The number of aliphatic hydroxyl groups excluding tert-OH is 2. The zero-order valence-electron chi connectivity index (χ0n) is 25.6. The molecule has 1 fully saturated rings. The molecule has 0 bridgehead atoms. The Balaban J connectivity index is 0.00000840. The fraction of sp³-hybridized carbons (Fsp3) is 0.742. The molecule has 1 aromatic carbocycles. The van der Waals surface area contributed by atoms with E-state index in [2.05, 4.69) is 24.5 Å². The number of ether oxygens (including phenoxy) is 2. The molecular formula is C31H54ClN3O6. The predicted octanol–water partition coefficient (Wildman–Crippen LogP) is 3.69. The van der Waals surface area contributed by atoms with Gasteiger partial charge in [0.05, 0.1) is 24.4 Å². The molecule has 2 amide bonds. The number of benzene rings is 1. The van der Waals surface area contributed by atoms with Crippen LogP contribution in [0.1, 0.15) is 83.0 Å². The molecule has 0 spiro atoms. The molecular weight excluding hydrogens is 546 g/mol. The number of nitrogens with one attached hydrogen (secondary N) is 2.